The maximum Gasteiger partial charge on any atom is 0.314 e. The molecule has 2 saturated carbocycles. The van der Waals surface area contributed by atoms with E-state index in [2.05, 4.69) is 54.5 Å². The summed E-state index contributed by atoms with van der Waals surface area (Å²) in [6, 6.07) is 0. The molecule has 0 radical (unpaired) electrons. The fraction of sp³-hybridized carbons (Fsp3) is 0.891. The predicted molar refractivity (Wildman–Crippen MR) is 221 cm³/mol. The highest BCUT2D eigenvalue weighted by atomic mass is 16.8. The average Bonchev–Trinajstić information content (AvgIpc) is 3.55. The van der Waals surface area contributed by atoms with Crippen molar-refractivity contribution in [3.63, 3.8) is 0 Å². The number of ether oxygens (including phenoxy) is 6. The number of hydrogen-bond acceptors (Lipinski definition) is 15. The lowest BCUT2D eigenvalue weighted by Crippen LogP contribution is -2.65. The molecule has 0 spiro atoms. The van der Waals surface area contributed by atoms with Crippen LogP contribution < -0.4 is 0 Å². The standard InChI is InChI=1S/C46H74O16/c1-22(2)9-8-10-23(3)24-14-18-46(42(55)56)26-11-12-30-43(4,5)31(15-16-44(30,6)25(26)13-17-45(24,46)7)60-41-38(62-40-36(54)34(52)33(51)29(19-47)59-40)37(28(49)21-58-41)61-39-35(53)32(50)27(48)20-57-39/h9,23-24,27-41,47-54H,8,10-21H2,1-7H3,(H,55,56)/t23-,24-,27+,28+,29-,30-,31+,32+,33-,34+,35-,36-,37+,38-,39+,40+,41+,44-,45-,46+/m1/s1. The number of fused-ring (bicyclic) bond motifs is 4. The van der Waals surface area contributed by atoms with Gasteiger partial charge in [0.25, 0.3) is 0 Å². The zero-order valence-electron chi connectivity index (χ0n) is 37.5. The van der Waals surface area contributed by atoms with Gasteiger partial charge in [-0.15, -0.1) is 0 Å². The van der Waals surface area contributed by atoms with Crippen molar-refractivity contribution in [3.8, 4) is 0 Å². The van der Waals surface area contributed by atoms with Crippen molar-refractivity contribution in [1.82, 2.24) is 0 Å². The van der Waals surface area contributed by atoms with E-state index >= 15 is 0 Å². The number of aliphatic hydroxyl groups excluding tert-OH is 8. The first-order valence-corrected chi connectivity index (χ1v) is 23.0. The minimum atomic E-state index is -1.81. The lowest BCUT2D eigenvalue weighted by molar-refractivity contribution is -0.384. The summed E-state index contributed by atoms with van der Waals surface area (Å²) in [6.07, 6.45) is -10.2. The Kier molecular flexibility index (Phi) is 14.2. The van der Waals surface area contributed by atoms with Gasteiger partial charge in [0, 0.05) is 0 Å². The maximum atomic E-state index is 13.8. The molecule has 0 aromatic heterocycles. The third kappa shape index (κ3) is 8.07. The van der Waals surface area contributed by atoms with Crippen molar-refractivity contribution in [2.75, 3.05) is 19.8 Å². The van der Waals surface area contributed by atoms with Gasteiger partial charge in [-0.25, -0.2) is 0 Å². The molecule has 7 rings (SSSR count). The van der Waals surface area contributed by atoms with Crippen LogP contribution in [0.2, 0.25) is 0 Å². The maximum absolute atomic E-state index is 13.8. The highest BCUT2D eigenvalue weighted by Crippen LogP contribution is 2.73. The molecule has 16 heteroatoms. The first-order valence-electron chi connectivity index (χ1n) is 23.0. The minimum Gasteiger partial charge on any atom is -0.481 e. The molecule has 0 bridgehead atoms. The van der Waals surface area contributed by atoms with Gasteiger partial charge in [-0.3, -0.25) is 4.79 Å². The Morgan fingerprint density at radius 1 is 0.758 bits per heavy atom. The molecule has 20 atom stereocenters. The Bertz CT molecular complexity index is 1660. The Morgan fingerprint density at radius 3 is 2.10 bits per heavy atom. The summed E-state index contributed by atoms with van der Waals surface area (Å²) in [7, 11) is 0. The van der Waals surface area contributed by atoms with E-state index in [4.69, 9.17) is 28.4 Å². The van der Waals surface area contributed by atoms with Crippen LogP contribution in [0.15, 0.2) is 22.8 Å². The summed E-state index contributed by atoms with van der Waals surface area (Å²) >= 11 is 0. The predicted octanol–water partition coefficient (Wildman–Crippen LogP) is 2.29. The molecule has 0 unspecified atom stereocenters. The monoisotopic (exact) mass is 882 g/mol. The van der Waals surface area contributed by atoms with Crippen molar-refractivity contribution in [2.24, 2.45) is 39.4 Å². The van der Waals surface area contributed by atoms with Crippen molar-refractivity contribution in [3.05, 3.63) is 22.8 Å². The van der Waals surface area contributed by atoms with E-state index in [0.717, 1.165) is 50.5 Å². The number of aliphatic carboxylic acids is 1. The van der Waals surface area contributed by atoms with Gasteiger partial charge in [-0.05, 0) is 112 Å². The molecule has 62 heavy (non-hydrogen) atoms. The van der Waals surface area contributed by atoms with Crippen LogP contribution in [0.4, 0.5) is 0 Å². The SMILES string of the molecule is CC(C)=CCC[C@@H](C)[C@H]1CC[C@@]2(C(=O)O)C3=C(CC[C@]12C)[C@@]1(C)CC[C@H](O[C@@H]2OC[C@H](O)[C@H](O[C@@H]4OC[C@H](O)[C@H](O)[C@H]4O)[C@H]2O[C@@H]2O[C@H](CO)[C@@H](O)[C@H](O)[C@H]2O)C(C)(C)[C@H]1CC3. The normalized spacial score (nSPS) is 48.4. The first-order chi connectivity index (χ1) is 29.1. The summed E-state index contributed by atoms with van der Waals surface area (Å²) < 4.78 is 36.6. The molecule has 7 aliphatic rings. The van der Waals surface area contributed by atoms with E-state index < -0.39 is 109 Å². The molecule has 0 amide bonds. The van der Waals surface area contributed by atoms with Gasteiger partial charge >= 0.3 is 5.97 Å². The highest BCUT2D eigenvalue weighted by molar-refractivity contribution is 5.82. The van der Waals surface area contributed by atoms with Crippen LogP contribution in [0.1, 0.15) is 113 Å². The summed E-state index contributed by atoms with van der Waals surface area (Å²) in [4.78, 5) is 13.8. The van der Waals surface area contributed by atoms with Crippen molar-refractivity contribution in [1.29, 1.82) is 0 Å². The van der Waals surface area contributed by atoms with Gasteiger partial charge in [0.05, 0.1) is 31.3 Å². The van der Waals surface area contributed by atoms with Gasteiger partial charge in [0.2, 0.25) is 0 Å². The van der Waals surface area contributed by atoms with E-state index in [-0.39, 0.29) is 30.0 Å². The van der Waals surface area contributed by atoms with E-state index in [1.807, 2.05) is 0 Å². The summed E-state index contributed by atoms with van der Waals surface area (Å²) in [5, 5.41) is 95.9. The number of carboxylic acids is 1. The van der Waals surface area contributed by atoms with Crippen LogP contribution in [-0.2, 0) is 33.2 Å². The quantitative estimate of drug-likeness (QED) is 0.128. The topological polar surface area (TPSA) is 255 Å². The Labute approximate surface area is 365 Å². The van der Waals surface area contributed by atoms with Crippen LogP contribution in [0.25, 0.3) is 0 Å². The number of rotatable bonds is 12. The van der Waals surface area contributed by atoms with Gasteiger partial charge < -0.3 is 74.4 Å². The molecule has 354 valence electrons. The number of carbonyl (C=O) groups is 1. The third-order valence-electron chi connectivity index (χ3n) is 17.0. The van der Waals surface area contributed by atoms with Crippen molar-refractivity contribution < 1.29 is 79.2 Å². The van der Waals surface area contributed by atoms with Crippen LogP contribution in [0.3, 0.4) is 0 Å². The highest BCUT2D eigenvalue weighted by Gasteiger charge is 2.68. The first kappa shape index (κ1) is 48.3. The van der Waals surface area contributed by atoms with E-state index in [0.29, 0.717) is 31.1 Å². The van der Waals surface area contributed by atoms with Gasteiger partial charge in [-0.2, -0.15) is 0 Å². The molecular formula is C46H74O16. The fourth-order valence-corrected chi connectivity index (χ4v) is 13.5. The molecule has 4 aliphatic carbocycles. The smallest absolute Gasteiger partial charge is 0.314 e. The molecule has 0 aromatic rings. The summed E-state index contributed by atoms with van der Waals surface area (Å²) in [6.45, 7) is 14.0. The number of aliphatic hydroxyl groups is 8. The second-order valence-electron chi connectivity index (χ2n) is 21.0. The second kappa shape index (κ2) is 18.2. The zero-order valence-corrected chi connectivity index (χ0v) is 37.5. The Morgan fingerprint density at radius 2 is 1.42 bits per heavy atom. The van der Waals surface area contributed by atoms with Crippen molar-refractivity contribution >= 4 is 5.97 Å². The van der Waals surface area contributed by atoms with Gasteiger partial charge in [0.1, 0.15) is 61.0 Å². The van der Waals surface area contributed by atoms with Crippen LogP contribution in [0.5, 0.6) is 0 Å². The van der Waals surface area contributed by atoms with Crippen LogP contribution in [-0.4, -0.2) is 158 Å². The van der Waals surface area contributed by atoms with E-state index in [1.165, 1.54) is 11.1 Å². The Hall–Kier alpha value is -1.61. The minimum absolute atomic E-state index is 0.0904. The zero-order chi connectivity index (χ0) is 45.3. The number of allylic oxidation sites excluding steroid dienone is 3. The fourth-order valence-electron chi connectivity index (χ4n) is 13.5. The molecule has 3 heterocycles. The molecule has 0 aromatic carbocycles. The van der Waals surface area contributed by atoms with Crippen LogP contribution >= 0.6 is 0 Å². The average molecular weight is 883 g/mol. The number of carboxylic acid groups (broad SMARTS) is 1. The molecular weight excluding hydrogens is 808 g/mol. The van der Waals surface area contributed by atoms with Gasteiger partial charge in [0.15, 0.2) is 18.9 Å². The molecule has 5 fully saturated rings. The molecule has 3 aliphatic heterocycles. The van der Waals surface area contributed by atoms with Gasteiger partial charge in [-0.1, -0.05) is 57.4 Å². The largest absolute Gasteiger partial charge is 0.481 e. The molecule has 9 N–H and O–H groups in total. The van der Waals surface area contributed by atoms with Crippen molar-refractivity contribution in [2.45, 2.75) is 199 Å². The number of hydrogen-bond donors (Lipinski definition) is 9. The third-order valence-corrected chi connectivity index (χ3v) is 17.0. The summed E-state index contributed by atoms with van der Waals surface area (Å²) in [5.41, 5.74) is 1.68. The lowest BCUT2D eigenvalue weighted by atomic mass is 9.43. The summed E-state index contributed by atoms with van der Waals surface area (Å²) in [5.74, 6) is 0.112. The van der Waals surface area contributed by atoms with E-state index in [9.17, 15) is 50.8 Å². The molecule has 3 saturated heterocycles. The van der Waals surface area contributed by atoms with E-state index in [1.54, 1.807) is 0 Å². The molecule has 16 nitrogen and oxygen atoms in total. The van der Waals surface area contributed by atoms with Crippen LogP contribution in [0, 0.1) is 39.4 Å². The lowest BCUT2D eigenvalue weighted by Gasteiger charge is -2.62. The Balaban J connectivity index is 1.15. The second-order valence-corrected chi connectivity index (χ2v) is 21.0.